The number of nitrogens with zero attached hydrogens (tertiary/aromatic N) is 3. The summed E-state index contributed by atoms with van der Waals surface area (Å²) >= 11 is 6.19. The third-order valence-corrected chi connectivity index (χ3v) is 4.96. The van der Waals surface area contributed by atoms with E-state index in [4.69, 9.17) is 11.6 Å². The van der Waals surface area contributed by atoms with Crippen LogP contribution in [0.4, 0.5) is 5.69 Å². The molecule has 7 heteroatoms. The van der Waals surface area contributed by atoms with E-state index in [1.165, 1.54) is 11.0 Å². The first-order valence-electron chi connectivity index (χ1n) is 9.40. The third kappa shape index (κ3) is 4.60. The van der Waals surface area contributed by atoms with E-state index < -0.39 is 0 Å². The second-order valence-electron chi connectivity index (χ2n) is 7.05. The van der Waals surface area contributed by atoms with Crippen molar-refractivity contribution in [3.8, 4) is 5.69 Å². The summed E-state index contributed by atoms with van der Waals surface area (Å²) in [5.41, 5.74) is 4.40. The van der Waals surface area contributed by atoms with E-state index in [1.54, 1.807) is 38.4 Å². The molecule has 2 aromatic carbocycles. The van der Waals surface area contributed by atoms with Gasteiger partial charge in [0.1, 0.15) is 0 Å². The molecule has 0 aliphatic heterocycles. The van der Waals surface area contributed by atoms with Crippen LogP contribution >= 0.6 is 11.6 Å². The highest BCUT2D eigenvalue weighted by Gasteiger charge is 2.13. The summed E-state index contributed by atoms with van der Waals surface area (Å²) in [6, 6.07) is 14.6. The predicted octanol–water partition coefficient (Wildman–Crippen LogP) is 4.50. The van der Waals surface area contributed by atoms with Crippen LogP contribution in [0.3, 0.4) is 0 Å². The lowest BCUT2D eigenvalue weighted by atomic mass is 10.1. The van der Waals surface area contributed by atoms with Crippen LogP contribution in [0.2, 0.25) is 5.02 Å². The Balaban J connectivity index is 1.80. The number of aryl methyl sites for hydroxylation is 1. The number of aromatic nitrogens is 2. The molecular formula is C23H23ClN4O2. The molecule has 0 bridgehead atoms. The maximum absolute atomic E-state index is 12.5. The summed E-state index contributed by atoms with van der Waals surface area (Å²) in [5, 5.41) is 7.67. The number of carbonyl (C=O) groups excluding carboxylic acids is 2. The van der Waals surface area contributed by atoms with Crippen molar-refractivity contribution in [3.63, 3.8) is 0 Å². The van der Waals surface area contributed by atoms with Crippen LogP contribution in [-0.2, 0) is 4.79 Å². The summed E-state index contributed by atoms with van der Waals surface area (Å²) in [6.07, 6.45) is 3.16. The van der Waals surface area contributed by atoms with E-state index in [0.29, 0.717) is 16.3 Å². The molecule has 0 radical (unpaired) electrons. The second kappa shape index (κ2) is 8.97. The minimum atomic E-state index is -0.349. The van der Waals surface area contributed by atoms with E-state index in [-0.39, 0.29) is 11.8 Å². The largest absolute Gasteiger partial charge is 0.345 e. The standard InChI is InChI=1S/C23H23ClN4O2/c1-15-19(16(2)28(26-15)18-8-6-5-7-9-18)11-13-22(29)25-21-14-17(10-12-20(21)24)23(30)27(3)4/h5-14H,1-4H3,(H,25,29)/b13-11+. The summed E-state index contributed by atoms with van der Waals surface area (Å²) < 4.78 is 1.85. The van der Waals surface area contributed by atoms with E-state index in [0.717, 1.165) is 22.6 Å². The number of halogens is 1. The van der Waals surface area contributed by atoms with Gasteiger partial charge in [0, 0.05) is 37.0 Å². The van der Waals surface area contributed by atoms with Gasteiger partial charge in [-0.15, -0.1) is 0 Å². The molecule has 0 unspecified atom stereocenters. The minimum Gasteiger partial charge on any atom is -0.345 e. The molecule has 2 amide bonds. The van der Waals surface area contributed by atoms with Crippen molar-refractivity contribution in [2.24, 2.45) is 0 Å². The fourth-order valence-corrected chi connectivity index (χ4v) is 3.23. The van der Waals surface area contributed by atoms with Gasteiger partial charge in [0.15, 0.2) is 0 Å². The van der Waals surface area contributed by atoms with Gasteiger partial charge in [-0.05, 0) is 50.3 Å². The Morgan fingerprint density at radius 1 is 1.10 bits per heavy atom. The van der Waals surface area contributed by atoms with E-state index >= 15 is 0 Å². The number of nitrogens with one attached hydrogen (secondary N) is 1. The Kier molecular flexibility index (Phi) is 6.37. The summed E-state index contributed by atoms with van der Waals surface area (Å²) in [6.45, 7) is 3.86. The van der Waals surface area contributed by atoms with Crippen LogP contribution in [-0.4, -0.2) is 40.6 Å². The van der Waals surface area contributed by atoms with Crippen molar-refractivity contribution >= 4 is 35.2 Å². The highest BCUT2D eigenvalue weighted by molar-refractivity contribution is 6.34. The smallest absolute Gasteiger partial charge is 0.253 e. The average Bonchev–Trinajstić information content (AvgIpc) is 3.01. The van der Waals surface area contributed by atoms with E-state index in [1.807, 2.05) is 48.9 Å². The Labute approximate surface area is 180 Å². The topological polar surface area (TPSA) is 67.2 Å². The number of anilines is 1. The molecule has 6 nitrogen and oxygen atoms in total. The normalized spacial score (nSPS) is 11.0. The highest BCUT2D eigenvalue weighted by Crippen LogP contribution is 2.24. The third-order valence-electron chi connectivity index (χ3n) is 4.63. The number of amides is 2. The molecule has 1 N–H and O–H groups in total. The number of hydrogen-bond acceptors (Lipinski definition) is 3. The quantitative estimate of drug-likeness (QED) is 0.616. The first-order chi connectivity index (χ1) is 14.3. The molecule has 0 aliphatic carbocycles. The van der Waals surface area contributed by atoms with Gasteiger partial charge < -0.3 is 10.2 Å². The lowest BCUT2D eigenvalue weighted by Gasteiger charge is -2.12. The van der Waals surface area contributed by atoms with Crippen LogP contribution in [0, 0.1) is 13.8 Å². The van der Waals surface area contributed by atoms with Crippen molar-refractivity contribution in [2.75, 3.05) is 19.4 Å². The first kappa shape index (κ1) is 21.3. The Hall–Kier alpha value is -3.38. The Morgan fingerprint density at radius 3 is 2.47 bits per heavy atom. The van der Waals surface area contributed by atoms with Crippen molar-refractivity contribution in [1.82, 2.24) is 14.7 Å². The van der Waals surface area contributed by atoms with Crippen molar-refractivity contribution < 1.29 is 9.59 Å². The zero-order valence-corrected chi connectivity index (χ0v) is 18.1. The Bertz CT molecular complexity index is 1120. The fourth-order valence-electron chi connectivity index (χ4n) is 3.06. The molecule has 154 valence electrons. The Morgan fingerprint density at radius 2 is 1.80 bits per heavy atom. The molecule has 0 aliphatic rings. The fraction of sp³-hybridized carbons (Fsp3) is 0.174. The van der Waals surface area contributed by atoms with Crippen LogP contribution in [0.15, 0.2) is 54.6 Å². The van der Waals surface area contributed by atoms with Crippen LogP contribution in [0.25, 0.3) is 11.8 Å². The zero-order chi connectivity index (χ0) is 21.8. The molecule has 1 aromatic heterocycles. The van der Waals surface area contributed by atoms with Crippen LogP contribution in [0.5, 0.6) is 0 Å². The van der Waals surface area contributed by atoms with Crippen molar-refractivity contribution in [3.05, 3.63) is 82.1 Å². The predicted molar refractivity (Wildman–Crippen MR) is 120 cm³/mol. The number of rotatable bonds is 5. The SMILES string of the molecule is Cc1nn(-c2ccccc2)c(C)c1/C=C/C(=O)Nc1cc(C(=O)N(C)C)ccc1Cl. The second-order valence-corrected chi connectivity index (χ2v) is 7.46. The van der Waals surface area contributed by atoms with Gasteiger partial charge in [-0.2, -0.15) is 5.10 Å². The number of hydrogen-bond donors (Lipinski definition) is 1. The molecule has 30 heavy (non-hydrogen) atoms. The molecule has 3 rings (SSSR count). The van der Waals surface area contributed by atoms with Gasteiger partial charge in [0.25, 0.3) is 5.91 Å². The molecule has 0 atom stereocenters. The summed E-state index contributed by atoms with van der Waals surface area (Å²) in [7, 11) is 3.33. The monoisotopic (exact) mass is 422 g/mol. The van der Waals surface area contributed by atoms with Gasteiger partial charge in [0.2, 0.25) is 5.91 Å². The lowest BCUT2D eigenvalue weighted by molar-refractivity contribution is -0.111. The first-order valence-corrected chi connectivity index (χ1v) is 9.77. The van der Waals surface area contributed by atoms with Gasteiger partial charge >= 0.3 is 0 Å². The van der Waals surface area contributed by atoms with E-state index in [9.17, 15) is 9.59 Å². The highest BCUT2D eigenvalue weighted by atomic mass is 35.5. The van der Waals surface area contributed by atoms with Crippen LogP contribution in [0.1, 0.15) is 27.3 Å². The van der Waals surface area contributed by atoms with Gasteiger partial charge in [-0.1, -0.05) is 29.8 Å². The molecule has 1 heterocycles. The van der Waals surface area contributed by atoms with Gasteiger partial charge in [0.05, 0.1) is 22.1 Å². The summed E-state index contributed by atoms with van der Waals surface area (Å²) in [4.78, 5) is 26.1. The molecular weight excluding hydrogens is 400 g/mol. The molecule has 0 saturated heterocycles. The molecule has 0 saturated carbocycles. The number of para-hydroxylation sites is 1. The maximum Gasteiger partial charge on any atom is 0.253 e. The van der Waals surface area contributed by atoms with Gasteiger partial charge in [-0.25, -0.2) is 4.68 Å². The van der Waals surface area contributed by atoms with Crippen molar-refractivity contribution in [2.45, 2.75) is 13.8 Å². The zero-order valence-electron chi connectivity index (χ0n) is 17.3. The average molecular weight is 423 g/mol. The molecule has 0 spiro atoms. The molecule has 3 aromatic rings. The van der Waals surface area contributed by atoms with Crippen LogP contribution < -0.4 is 5.32 Å². The van der Waals surface area contributed by atoms with E-state index in [2.05, 4.69) is 10.4 Å². The summed E-state index contributed by atoms with van der Waals surface area (Å²) in [5.74, 6) is -0.519. The molecule has 0 fully saturated rings. The maximum atomic E-state index is 12.5. The number of carbonyl (C=O) groups is 2. The number of benzene rings is 2. The van der Waals surface area contributed by atoms with Gasteiger partial charge in [-0.3, -0.25) is 9.59 Å². The van der Waals surface area contributed by atoms with Crippen molar-refractivity contribution in [1.29, 1.82) is 0 Å². The minimum absolute atomic E-state index is 0.169. The lowest BCUT2D eigenvalue weighted by Crippen LogP contribution is -2.21.